The third kappa shape index (κ3) is 4.24. The molecule has 3 heterocycles. The number of nitrogens with two attached hydrogens (primary N) is 1. The van der Waals surface area contributed by atoms with E-state index in [1.54, 1.807) is 18.3 Å². The Balaban J connectivity index is 1.50. The highest BCUT2D eigenvalue weighted by molar-refractivity contribution is 5.68. The summed E-state index contributed by atoms with van der Waals surface area (Å²) in [7, 11) is 0. The molecule has 1 fully saturated rings. The maximum absolute atomic E-state index is 12.4. The largest absolute Gasteiger partial charge is 0.354 e. The Kier molecular flexibility index (Phi) is 5.42. The summed E-state index contributed by atoms with van der Waals surface area (Å²) >= 11 is 0. The number of rotatable bonds is 6. The first-order valence-corrected chi connectivity index (χ1v) is 11.3. The van der Waals surface area contributed by atoms with Gasteiger partial charge in [-0.05, 0) is 57.2 Å². The number of aryl methyl sites for hydroxylation is 1. The molecule has 2 unspecified atom stereocenters. The molecule has 0 bridgehead atoms. The fourth-order valence-corrected chi connectivity index (χ4v) is 4.11. The van der Waals surface area contributed by atoms with E-state index in [1.807, 2.05) is 54.9 Å². The number of benzene rings is 1. The molecule has 0 aliphatic heterocycles. The number of pyridine rings is 1. The zero-order valence-corrected chi connectivity index (χ0v) is 19.0. The molecule has 2 N–H and O–H groups in total. The van der Waals surface area contributed by atoms with Crippen molar-refractivity contribution in [3.05, 3.63) is 76.5 Å². The Bertz CT molecular complexity index is 1370. The standard InChI is InChI=1S/C26H27N5O2/c1-15(27)19-5-4-6-20(11-19)22-12-24(33-30-22)26-16(2)28-13-23(29-26)21-9-10-25(32)31(14-21)17(3)18-7-8-18/h4-6,9-15,17-18H,7-8,27H2,1-3H3. The lowest BCUT2D eigenvalue weighted by Crippen LogP contribution is -2.23. The lowest BCUT2D eigenvalue weighted by atomic mass is 10.0. The smallest absolute Gasteiger partial charge is 0.250 e. The third-order valence-corrected chi connectivity index (χ3v) is 6.38. The first kappa shape index (κ1) is 21.3. The van der Waals surface area contributed by atoms with Crippen LogP contribution in [0.15, 0.2) is 64.2 Å². The number of aromatic nitrogens is 4. The lowest BCUT2D eigenvalue weighted by molar-refractivity contribution is 0.433. The fourth-order valence-electron chi connectivity index (χ4n) is 4.11. The molecule has 0 spiro atoms. The van der Waals surface area contributed by atoms with Gasteiger partial charge in [-0.2, -0.15) is 0 Å². The monoisotopic (exact) mass is 441 g/mol. The Morgan fingerprint density at radius 1 is 1.09 bits per heavy atom. The molecular weight excluding hydrogens is 414 g/mol. The van der Waals surface area contributed by atoms with Gasteiger partial charge in [0.25, 0.3) is 5.56 Å². The molecular formula is C26H27N5O2. The highest BCUT2D eigenvalue weighted by Gasteiger charge is 2.29. The Labute approximate surface area is 192 Å². The van der Waals surface area contributed by atoms with Crippen molar-refractivity contribution in [1.29, 1.82) is 0 Å². The van der Waals surface area contributed by atoms with Crippen LogP contribution in [0.3, 0.4) is 0 Å². The molecule has 1 saturated carbocycles. The van der Waals surface area contributed by atoms with Gasteiger partial charge < -0.3 is 14.8 Å². The summed E-state index contributed by atoms with van der Waals surface area (Å²) in [6.45, 7) is 5.94. The molecule has 0 amide bonds. The van der Waals surface area contributed by atoms with E-state index in [0.717, 1.165) is 22.4 Å². The van der Waals surface area contributed by atoms with Crippen LogP contribution in [0.2, 0.25) is 0 Å². The predicted molar refractivity (Wildman–Crippen MR) is 127 cm³/mol. The van der Waals surface area contributed by atoms with E-state index in [2.05, 4.69) is 17.1 Å². The molecule has 1 aliphatic rings. The van der Waals surface area contributed by atoms with Crippen molar-refractivity contribution >= 4 is 0 Å². The van der Waals surface area contributed by atoms with Gasteiger partial charge in [-0.25, -0.2) is 4.98 Å². The molecule has 3 aromatic heterocycles. The summed E-state index contributed by atoms with van der Waals surface area (Å²) in [5.41, 5.74) is 11.6. The molecule has 2 atom stereocenters. The fraction of sp³-hybridized carbons (Fsp3) is 0.308. The van der Waals surface area contributed by atoms with Crippen LogP contribution in [0.1, 0.15) is 50.0 Å². The third-order valence-electron chi connectivity index (χ3n) is 6.38. The topological polar surface area (TPSA) is 99.8 Å². The van der Waals surface area contributed by atoms with E-state index < -0.39 is 0 Å². The van der Waals surface area contributed by atoms with Gasteiger partial charge in [-0.3, -0.25) is 9.78 Å². The van der Waals surface area contributed by atoms with Crippen molar-refractivity contribution in [2.45, 2.75) is 45.7 Å². The van der Waals surface area contributed by atoms with E-state index >= 15 is 0 Å². The molecule has 33 heavy (non-hydrogen) atoms. The van der Waals surface area contributed by atoms with Crippen LogP contribution in [0.4, 0.5) is 0 Å². The van der Waals surface area contributed by atoms with Crippen LogP contribution in [0.5, 0.6) is 0 Å². The first-order chi connectivity index (χ1) is 15.9. The summed E-state index contributed by atoms with van der Waals surface area (Å²) in [5, 5.41) is 4.25. The molecule has 5 rings (SSSR count). The number of hydrogen-bond acceptors (Lipinski definition) is 6. The Morgan fingerprint density at radius 3 is 2.67 bits per heavy atom. The van der Waals surface area contributed by atoms with Crippen molar-refractivity contribution in [3.63, 3.8) is 0 Å². The number of nitrogens with zero attached hydrogens (tertiary/aromatic N) is 4. The minimum absolute atomic E-state index is 0.00680. The van der Waals surface area contributed by atoms with Crippen LogP contribution < -0.4 is 11.3 Å². The van der Waals surface area contributed by atoms with E-state index in [0.29, 0.717) is 28.8 Å². The highest BCUT2D eigenvalue weighted by Crippen LogP contribution is 2.39. The molecule has 7 heteroatoms. The van der Waals surface area contributed by atoms with Crippen molar-refractivity contribution in [3.8, 4) is 34.0 Å². The second-order valence-corrected chi connectivity index (χ2v) is 8.92. The maximum Gasteiger partial charge on any atom is 0.250 e. The van der Waals surface area contributed by atoms with Crippen LogP contribution >= 0.6 is 0 Å². The summed E-state index contributed by atoms with van der Waals surface area (Å²) in [4.78, 5) is 21.8. The molecule has 4 aromatic rings. The summed E-state index contributed by atoms with van der Waals surface area (Å²) < 4.78 is 7.47. The Hall–Kier alpha value is -3.58. The average molecular weight is 442 g/mol. The van der Waals surface area contributed by atoms with Gasteiger partial charge in [0.15, 0.2) is 5.76 Å². The molecule has 168 valence electrons. The second kappa shape index (κ2) is 8.41. The predicted octanol–water partition coefficient (Wildman–Crippen LogP) is 4.93. The molecule has 0 radical (unpaired) electrons. The lowest BCUT2D eigenvalue weighted by Gasteiger charge is -2.15. The van der Waals surface area contributed by atoms with E-state index in [4.69, 9.17) is 15.2 Å². The second-order valence-electron chi connectivity index (χ2n) is 8.92. The quantitative estimate of drug-likeness (QED) is 0.456. The molecule has 1 aromatic carbocycles. The van der Waals surface area contributed by atoms with Crippen LogP contribution in [-0.4, -0.2) is 19.7 Å². The first-order valence-electron chi connectivity index (χ1n) is 11.3. The van der Waals surface area contributed by atoms with E-state index in [9.17, 15) is 4.79 Å². The van der Waals surface area contributed by atoms with Gasteiger partial charge in [0.05, 0.1) is 17.6 Å². The van der Waals surface area contributed by atoms with Gasteiger partial charge >= 0.3 is 0 Å². The van der Waals surface area contributed by atoms with Crippen molar-refractivity contribution in [2.24, 2.45) is 11.7 Å². The minimum Gasteiger partial charge on any atom is -0.354 e. The van der Waals surface area contributed by atoms with Crippen LogP contribution in [0.25, 0.3) is 34.0 Å². The molecule has 1 aliphatic carbocycles. The van der Waals surface area contributed by atoms with Crippen LogP contribution in [0, 0.1) is 12.8 Å². The van der Waals surface area contributed by atoms with Crippen molar-refractivity contribution in [1.82, 2.24) is 19.7 Å². The average Bonchev–Trinajstić information content (AvgIpc) is 3.56. The minimum atomic E-state index is -0.0629. The van der Waals surface area contributed by atoms with Gasteiger partial charge in [-0.1, -0.05) is 23.4 Å². The summed E-state index contributed by atoms with van der Waals surface area (Å²) in [5.74, 6) is 1.12. The normalized spacial score (nSPS) is 15.4. The summed E-state index contributed by atoms with van der Waals surface area (Å²) in [6.07, 6.45) is 5.97. The zero-order chi connectivity index (χ0) is 23.1. The number of hydrogen-bond donors (Lipinski definition) is 1. The Morgan fingerprint density at radius 2 is 1.91 bits per heavy atom. The van der Waals surface area contributed by atoms with E-state index in [1.165, 1.54) is 12.8 Å². The van der Waals surface area contributed by atoms with Crippen molar-refractivity contribution in [2.75, 3.05) is 0 Å². The highest BCUT2D eigenvalue weighted by atomic mass is 16.5. The van der Waals surface area contributed by atoms with Gasteiger partial charge in [0.2, 0.25) is 0 Å². The van der Waals surface area contributed by atoms with Gasteiger partial charge in [-0.15, -0.1) is 0 Å². The molecule has 7 nitrogen and oxygen atoms in total. The SMILES string of the molecule is Cc1ncc(-c2ccc(=O)n(C(C)C3CC3)c2)nc1-c1cc(-c2cccc(C(C)N)c2)no1. The summed E-state index contributed by atoms with van der Waals surface area (Å²) in [6, 6.07) is 13.4. The zero-order valence-electron chi connectivity index (χ0n) is 19.0. The van der Waals surface area contributed by atoms with Gasteiger partial charge in [0.1, 0.15) is 11.4 Å². The maximum atomic E-state index is 12.4. The van der Waals surface area contributed by atoms with Crippen molar-refractivity contribution < 1.29 is 4.52 Å². The van der Waals surface area contributed by atoms with Crippen LogP contribution in [-0.2, 0) is 0 Å². The van der Waals surface area contributed by atoms with E-state index in [-0.39, 0.29) is 17.6 Å². The molecule has 0 saturated heterocycles. The van der Waals surface area contributed by atoms with Gasteiger partial charge in [0, 0.05) is 41.5 Å².